The van der Waals surface area contributed by atoms with Crippen molar-refractivity contribution in [2.45, 2.75) is 32.9 Å². The zero-order chi connectivity index (χ0) is 10.6. The van der Waals surface area contributed by atoms with E-state index in [4.69, 9.17) is 10.8 Å². The van der Waals surface area contributed by atoms with Crippen LogP contribution in [0.5, 0.6) is 0 Å². The van der Waals surface area contributed by atoms with Crippen LogP contribution in [0.15, 0.2) is 0 Å². The van der Waals surface area contributed by atoms with Crippen LogP contribution in [0.1, 0.15) is 20.8 Å². The highest BCUT2D eigenvalue weighted by molar-refractivity contribution is 5.73. The Hall–Kier alpha value is -0.610. The SMILES string of the molecule is CC(C)C(C)N(C)CC(N)C(=O)O. The molecule has 13 heavy (non-hydrogen) atoms. The van der Waals surface area contributed by atoms with Crippen molar-refractivity contribution in [1.82, 2.24) is 4.90 Å². The van der Waals surface area contributed by atoms with Crippen molar-refractivity contribution in [3.05, 3.63) is 0 Å². The first-order chi connectivity index (χ1) is 5.86. The van der Waals surface area contributed by atoms with E-state index in [1.807, 2.05) is 11.9 Å². The standard InChI is InChI=1S/C9H20N2O2/c1-6(2)7(3)11(4)5-8(10)9(12)13/h6-8H,5,10H2,1-4H3,(H,12,13). The minimum atomic E-state index is -0.942. The van der Waals surface area contributed by atoms with Crippen molar-refractivity contribution >= 4 is 5.97 Å². The Balaban J connectivity index is 3.99. The maximum absolute atomic E-state index is 10.5. The maximum Gasteiger partial charge on any atom is 0.321 e. The summed E-state index contributed by atoms with van der Waals surface area (Å²) in [7, 11) is 1.90. The molecule has 4 nitrogen and oxygen atoms in total. The van der Waals surface area contributed by atoms with E-state index in [1.165, 1.54) is 0 Å². The number of rotatable bonds is 5. The van der Waals surface area contributed by atoms with Crippen LogP contribution in [0.25, 0.3) is 0 Å². The van der Waals surface area contributed by atoms with Gasteiger partial charge in [0, 0.05) is 12.6 Å². The third-order valence-corrected chi connectivity index (χ3v) is 2.46. The van der Waals surface area contributed by atoms with Crippen LogP contribution < -0.4 is 5.73 Å². The molecule has 0 saturated heterocycles. The molecule has 0 aromatic heterocycles. The molecule has 0 aromatic rings. The van der Waals surface area contributed by atoms with E-state index in [0.29, 0.717) is 18.5 Å². The lowest BCUT2D eigenvalue weighted by molar-refractivity contribution is -0.139. The Morgan fingerprint density at radius 2 is 1.92 bits per heavy atom. The molecule has 0 spiro atoms. The molecule has 0 heterocycles. The number of aliphatic carboxylic acids is 1. The molecule has 3 N–H and O–H groups in total. The minimum Gasteiger partial charge on any atom is -0.480 e. The van der Waals surface area contributed by atoms with E-state index in [-0.39, 0.29) is 0 Å². The first-order valence-corrected chi connectivity index (χ1v) is 4.55. The van der Waals surface area contributed by atoms with Crippen molar-refractivity contribution in [3.63, 3.8) is 0 Å². The van der Waals surface area contributed by atoms with Crippen molar-refractivity contribution in [1.29, 1.82) is 0 Å². The molecule has 0 amide bonds. The van der Waals surface area contributed by atoms with E-state index in [9.17, 15) is 4.79 Å². The van der Waals surface area contributed by atoms with Crippen LogP contribution in [-0.4, -0.2) is 41.7 Å². The second-order valence-electron chi connectivity index (χ2n) is 3.87. The summed E-state index contributed by atoms with van der Waals surface area (Å²) >= 11 is 0. The van der Waals surface area contributed by atoms with Gasteiger partial charge in [0.15, 0.2) is 0 Å². The van der Waals surface area contributed by atoms with Gasteiger partial charge in [0.05, 0.1) is 0 Å². The van der Waals surface area contributed by atoms with Gasteiger partial charge in [-0.2, -0.15) is 0 Å². The Kier molecular flexibility index (Phi) is 4.95. The van der Waals surface area contributed by atoms with Gasteiger partial charge >= 0.3 is 5.97 Å². The third-order valence-electron chi connectivity index (χ3n) is 2.46. The quantitative estimate of drug-likeness (QED) is 0.654. The predicted octanol–water partition coefficient (Wildman–Crippen LogP) is 0.375. The summed E-state index contributed by atoms with van der Waals surface area (Å²) in [4.78, 5) is 12.5. The Labute approximate surface area is 79.7 Å². The van der Waals surface area contributed by atoms with E-state index >= 15 is 0 Å². The molecular formula is C9H20N2O2. The summed E-state index contributed by atoms with van der Waals surface area (Å²) in [5, 5.41) is 8.60. The lowest BCUT2D eigenvalue weighted by Gasteiger charge is -2.28. The fourth-order valence-corrected chi connectivity index (χ4v) is 1.06. The molecular weight excluding hydrogens is 168 g/mol. The van der Waals surface area contributed by atoms with Gasteiger partial charge in [0.1, 0.15) is 6.04 Å². The van der Waals surface area contributed by atoms with Crippen molar-refractivity contribution < 1.29 is 9.90 Å². The van der Waals surface area contributed by atoms with Crippen molar-refractivity contribution in [2.75, 3.05) is 13.6 Å². The highest BCUT2D eigenvalue weighted by Crippen LogP contribution is 2.07. The minimum absolute atomic E-state index is 0.352. The molecule has 0 fully saturated rings. The molecule has 78 valence electrons. The fourth-order valence-electron chi connectivity index (χ4n) is 1.06. The molecule has 0 aliphatic rings. The van der Waals surface area contributed by atoms with Gasteiger partial charge in [0.2, 0.25) is 0 Å². The number of hydrogen-bond acceptors (Lipinski definition) is 3. The van der Waals surface area contributed by atoms with Gasteiger partial charge in [0.25, 0.3) is 0 Å². The Morgan fingerprint density at radius 1 is 1.46 bits per heavy atom. The van der Waals surface area contributed by atoms with Gasteiger partial charge in [-0.25, -0.2) is 0 Å². The van der Waals surface area contributed by atoms with Crippen LogP contribution in [0.2, 0.25) is 0 Å². The van der Waals surface area contributed by atoms with Crippen LogP contribution in [0, 0.1) is 5.92 Å². The maximum atomic E-state index is 10.5. The highest BCUT2D eigenvalue weighted by Gasteiger charge is 2.19. The first kappa shape index (κ1) is 12.4. The van der Waals surface area contributed by atoms with E-state index in [2.05, 4.69) is 20.8 Å². The number of nitrogens with zero attached hydrogens (tertiary/aromatic N) is 1. The van der Waals surface area contributed by atoms with Crippen LogP contribution in [0.4, 0.5) is 0 Å². The Morgan fingerprint density at radius 3 is 2.23 bits per heavy atom. The van der Waals surface area contributed by atoms with Crippen LogP contribution in [0.3, 0.4) is 0 Å². The van der Waals surface area contributed by atoms with Crippen molar-refractivity contribution in [3.8, 4) is 0 Å². The number of hydrogen-bond donors (Lipinski definition) is 2. The van der Waals surface area contributed by atoms with E-state index < -0.39 is 12.0 Å². The number of nitrogens with two attached hydrogens (primary N) is 1. The van der Waals surface area contributed by atoms with E-state index in [0.717, 1.165) is 0 Å². The Bertz CT molecular complexity index is 171. The average Bonchev–Trinajstić information content (AvgIpc) is 2.02. The van der Waals surface area contributed by atoms with Gasteiger partial charge < -0.3 is 15.7 Å². The molecule has 0 saturated carbocycles. The molecule has 2 atom stereocenters. The molecule has 2 unspecified atom stereocenters. The fraction of sp³-hybridized carbons (Fsp3) is 0.889. The third kappa shape index (κ3) is 4.24. The first-order valence-electron chi connectivity index (χ1n) is 4.55. The zero-order valence-corrected chi connectivity index (χ0v) is 8.82. The largest absolute Gasteiger partial charge is 0.480 e. The van der Waals surface area contributed by atoms with E-state index in [1.54, 1.807) is 0 Å². The summed E-state index contributed by atoms with van der Waals surface area (Å²) in [6.07, 6.45) is 0. The number of carbonyl (C=O) groups is 1. The summed E-state index contributed by atoms with van der Waals surface area (Å²) in [5.74, 6) is -0.436. The van der Waals surface area contributed by atoms with Crippen molar-refractivity contribution in [2.24, 2.45) is 11.7 Å². The topological polar surface area (TPSA) is 66.6 Å². The van der Waals surface area contributed by atoms with Gasteiger partial charge in [-0.1, -0.05) is 13.8 Å². The molecule has 0 rings (SSSR count). The van der Waals surface area contributed by atoms with Crippen LogP contribution in [-0.2, 0) is 4.79 Å². The molecule has 0 radical (unpaired) electrons. The molecule has 4 heteroatoms. The number of carboxylic acids is 1. The molecule has 0 aromatic carbocycles. The lowest BCUT2D eigenvalue weighted by Crippen LogP contribution is -2.45. The summed E-state index contributed by atoms with van der Waals surface area (Å²) in [6.45, 7) is 6.68. The second-order valence-corrected chi connectivity index (χ2v) is 3.87. The summed E-state index contributed by atoms with van der Waals surface area (Å²) in [5.41, 5.74) is 5.41. The zero-order valence-electron chi connectivity index (χ0n) is 8.82. The summed E-state index contributed by atoms with van der Waals surface area (Å²) < 4.78 is 0. The second kappa shape index (κ2) is 5.19. The summed E-state index contributed by atoms with van der Waals surface area (Å²) in [6, 6.07) is -0.434. The van der Waals surface area contributed by atoms with Gasteiger partial charge in [-0.3, -0.25) is 4.79 Å². The molecule has 0 aliphatic heterocycles. The molecule has 0 bridgehead atoms. The van der Waals surface area contributed by atoms with Gasteiger partial charge in [-0.15, -0.1) is 0 Å². The average molecular weight is 188 g/mol. The van der Waals surface area contributed by atoms with Crippen LogP contribution >= 0.6 is 0 Å². The predicted molar refractivity (Wildman–Crippen MR) is 52.5 cm³/mol. The normalized spacial score (nSPS) is 16.2. The van der Waals surface area contributed by atoms with Gasteiger partial charge in [-0.05, 0) is 19.9 Å². The molecule has 0 aliphatic carbocycles. The smallest absolute Gasteiger partial charge is 0.321 e. The monoisotopic (exact) mass is 188 g/mol. The number of carboxylic acid groups (broad SMARTS) is 1. The number of likely N-dealkylation sites (N-methyl/N-ethyl adjacent to an activating group) is 1. The lowest BCUT2D eigenvalue weighted by atomic mass is 10.0. The highest BCUT2D eigenvalue weighted by atomic mass is 16.4.